The van der Waals surface area contributed by atoms with Crippen LogP contribution in [0.2, 0.25) is 0 Å². The summed E-state index contributed by atoms with van der Waals surface area (Å²) in [6.07, 6.45) is 4.46. The first-order valence-corrected chi connectivity index (χ1v) is 11.7. The van der Waals surface area contributed by atoms with Crippen LogP contribution in [-0.2, 0) is 11.8 Å². The van der Waals surface area contributed by atoms with Crippen LogP contribution in [0.3, 0.4) is 0 Å². The molecule has 0 unspecified atom stereocenters. The summed E-state index contributed by atoms with van der Waals surface area (Å²) in [5.41, 5.74) is 4.71. The molecule has 3 heterocycles. The number of hydrogen-bond acceptors (Lipinski definition) is 6. The van der Waals surface area contributed by atoms with Gasteiger partial charge in [0, 0.05) is 25.7 Å². The maximum Gasteiger partial charge on any atom is 0.170 e. The third-order valence-corrected chi connectivity index (χ3v) is 6.46. The van der Waals surface area contributed by atoms with E-state index in [0.29, 0.717) is 48.4 Å². The molecule has 0 atom stereocenters. The lowest BCUT2D eigenvalue weighted by molar-refractivity contribution is 0.0992. The number of rotatable bonds is 5. The van der Waals surface area contributed by atoms with Gasteiger partial charge in [-0.05, 0) is 54.5 Å². The number of benzene rings is 1. The van der Waals surface area contributed by atoms with Gasteiger partial charge in [-0.25, -0.2) is 9.67 Å². The van der Waals surface area contributed by atoms with Gasteiger partial charge in [-0.1, -0.05) is 32.9 Å². The summed E-state index contributed by atoms with van der Waals surface area (Å²) in [4.78, 5) is 19.6. The van der Waals surface area contributed by atoms with Gasteiger partial charge in [-0.3, -0.25) is 4.79 Å². The third-order valence-electron chi connectivity index (χ3n) is 6.46. The lowest BCUT2D eigenvalue weighted by Crippen LogP contribution is -2.36. The first kappa shape index (κ1) is 23.7. The van der Waals surface area contributed by atoms with E-state index in [9.17, 15) is 15.2 Å². The fraction of sp³-hybridized carbons (Fsp3) is 0.407. The van der Waals surface area contributed by atoms with E-state index >= 15 is 0 Å². The Bertz CT molecular complexity index is 1220. The molecule has 0 spiro atoms. The maximum absolute atomic E-state index is 13.1. The summed E-state index contributed by atoms with van der Waals surface area (Å²) in [6, 6.07) is 12.2. The minimum atomic E-state index is -0.292. The molecular weight excluding hydrogens is 426 g/mol. The quantitative estimate of drug-likeness (QED) is 0.579. The van der Waals surface area contributed by atoms with Gasteiger partial charge in [-0.15, -0.1) is 0 Å². The van der Waals surface area contributed by atoms with E-state index in [1.54, 1.807) is 23.1 Å². The van der Waals surface area contributed by atoms with Crippen LogP contribution >= 0.6 is 0 Å². The van der Waals surface area contributed by atoms with Gasteiger partial charge in [0.2, 0.25) is 0 Å². The molecule has 0 bridgehead atoms. The van der Waals surface area contributed by atoms with Crippen LogP contribution in [0.25, 0.3) is 5.69 Å². The molecule has 0 radical (unpaired) electrons. The first-order chi connectivity index (χ1) is 16.2. The van der Waals surface area contributed by atoms with Gasteiger partial charge in [0.15, 0.2) is 5.78 Å². The monoisotopic (exact) mass is 457 g/mol. The number of aliphatic hydroxyl groups is 1. The van der Waals surface area contributed by atoms with E-state index in [1.807, 2.05) is 24.0 Å². The third kappa shape index (κ3) is 4.87. The number of nitriles is 1. The summed E-state index contributed by atoms with van der Waals surface area (Å²) in [6.45, 7) is 9.74. The van der Waals surface area contributed by atoms with Crippen LogP contribution in [0.1, 0.15) is 66.4 Å². The van der Waals surface area contributed by atoms with Crippen molar-refractivity contribution in [3.05, 3.63) is 70.7 Å². The highest BCUT2D eigenvalue weighted by molar-refractivity contribution is 5.98. The highest BCUT2D eigenvalue weighted by atomic mass is 16.3. The van der Waals surface area contributed by atoms with Crippen molar-refractivity contribution in [3.63, 3.8) is 0 Å². The normalized spacial score (nSPS) is 14.8. The summed E-state index contributed by atoms with van der Waals surface area (Å²) < 4.78 is 1.78. The van der Waals surface area contributed by atoms with Crippen molar-refractivity contribution in [1.82, 2.24) is 14.8 Å². The Morgan fingerprint density at radius 3 is 2.47 bits per heavy atom. The van der Waals surface area contributed by atoms with Gasteiger partial charge in [0.25, 0.3) is 0 Å². The standard InChI is InChI=1S/C27H31N5O2/c1-18-24(17-30-32(18)22-7-5-21(6-8-22)27(2,3)4)25(34)14-19-13-20(15-28)26(29-16-19)31-11-9-23(33)10-12-31/h5-8,13,16-17,23,33H,9-12,14H2,1-4H3. The first-order valence-electron chi connectivity index (χ1n) is 11.7. The Balaban J connectivity index is 1.51. The second-order valence-corrected chi connectivity index (χ2v) is 10.00. The number of anilines is 1. The van der Waals surface area contributed by atoms with E-state index in [4.69, 9.17) is 0 Å². The number of carbonyl (C=O) groups excluding carboxylic acids is 1. The molecule has 3 aromatic rings. The molecule has 1 aromatic carbocycles. The average molecular weight is 458 g/mol. The van der Waals surface area contributed by atoms with Gasteiger partial charge >= 0.3 is 0 Å². The smallest absolute Gasteiger partial charge is 0.170 e. The lowest BCUT2D eigenvalue weighted by atomic mass is 9.87. The molecule has 1 N–H and O–H groups in total. The number of aromatic nitrogens is 3. The Labute approximate surface area is 200 Å². The van der Waals surface area contributed by atoms with Crippen molar-refractivity contribution < 1.29 is 9.90 Å². The predicted molar refractivity (Wildman–Crippen MR) is 131 cm³/mol. The molecule has 0 aliphatic carbocycles. The number of Topliss-reactive ketones (excluding diaryl/α,β-unsaturated/α-hetero) is 1. The number of piperidine rings is 1. The van der Waals surface area contributed by atoms with E-state index < -0.39 is 0 Å². The summed E-state index contributed by atoms with van der Waals surface area (Å²) in [5.74, 6) is 0.558. The fourth-order valence-electron chi connectivity index (χ4n) is 4.34. The number of aliphatic hydroxyl groups excluding tert-OH is 1. The molecule has 2 aromatic heterocycles. The van der Waals surface area contributed by atoms with Gasteiger partial charge in [0.05, 0.1) is 34.8 Å². The molecule has 7 nitrogen and oxygen atoms in total. The van der Waals surface area contributed by atoms with Crippen molar-refractivity contribution in [3.8, 4) is 11.8 Å². The number of ketones is 1. The molecule has 0 saturated carbocycles. The highest BCUT2D eigenvalue weighted by Crippen LogP contribution is 2.25. The van der Waals surface area contributed by atoms with E-state index in [2.05, 4.69) is 49.1 Å². The SMILES string of the molecule is Cc1c(C(=O)Cc2cnc(N3CCC(O)CC3)c(C#N)c2)cnn1-c1ccc(C(C)(C)C)cc1. The van der Waals surface area contributed by atoms with Crippen LogP contribution in [0.5, 0.6) is 0 Å². The molecule has 4 rings (SSSR count). The fourth-order valence-corrected chi connectivity index (χ4v) is 4.34. The average Bonchev–Trinajstić information content (AvgIpc) is 3.20. The second-order valence-electron chi connectivity index (χ2n) is 10.00. The largest absolute Gasteiger partial charge is 0.393 e. The topological polar surface area (TPSA) is 95.0 Å². The van der Waals surface area contributed by atoms with Crippen LogP contribution in [0, 0.1) is 18.3 Å². The number of nitrogens with zero attached hydrogens (tertiary/aromatic N) is 5. The zero-order valence-electron chi connectivity index (χ0n) is 20.2. The lowest BCUT2D eigenvalue weighted by Gasteiger charge is -2.31. The highest BCUT2D eigenvalue weighted by Gasteiger charge is 2.22. The maximum atomic E-state index is 13.1. The minimum Gasteiger partial charge on any atom is -0.393 e. The molecule has 34 heavy (non-hydrogen) atoms. The van der Waals surface area contributed by atoms with Gasteiger partial charge in [0.1, 0.15) is 11.9 Å². The number of hydrogen-bond donors (Lipinski definition) is 1. The van der Waals surface area contributed by atoms with Crippen molar-refractivity contribution in [1.29, 1.82) is 5.26 Å². The molecule has 1 saturated heterocycles. The van der Waals surface area contributed by atoms with E-state index in [0.717, 1.165) is 11.4 Å². The molecule has 1 fully saturated rings. The summed E-state index contributed by atoms with van der Waals surface area (Å²) in [7, 11) is 0. The second kappa shape index (κ2) is 9.40. The Hall–Kier alpha value is -3.50. The van der Waals surface area contributed by atoms with Crippen LogP contribution in [-0.4, -0.2) is 44.8 Å². The Morgan fingerprint density at radius 1 is 1.18 bits per heavy atom. The minimum absolute atomic E-state index is 0.0606. The van der Waals surface area contributed by atoms with Crippen molar-refractivity contribution >= 4 is 11.6 Å². The van der Waals surface area contributed by atoms with Gasteiger partial charge in [-0.2, -0.15) is 10.4 Å². The van der Waals surface area contributed by atoms with Crippen LogP contribution < -0.4 is 4.90 Å². The zero-order valence-corrected chi connectivity index (χ0v) is 20.2. The van der Waals surface area contributed by atoms with E-state index in [1.165, 1.54) is 5.56 Å². The molecule has 176 valence electrons. The summed E-state index contributed by atoms with van der Waals surface area (Å²) in [5, 5.41) is 23.8. The molecule has 0 amide bonds. The van der Waals surface area contributed by atoms with Gasteiger partial charge < -0.3 is 10.0 Å². The number of pyridine rings is 1. The van der Waals surface area contributed by atoms with E-state index in [-0.39, 0.29) is 23.7 Å². The summed E-state index contributed by atoms with van der Waals surface area (Å²) >= 11 is 0. The molecule has 7 heteroatoms. The van der Waals surface area contributed by atoms with Crippen molar-refractivity contribution in [2.24, 2.45) is 0 Å². The number of carbonyl (C=O) groups is 1. The molecule has 1 aliphatic rings. The van der Waals surface area contributed by atoms with Crippen LogP contribution in [0.15, 0.2) is 42.7 Å². The zero-order chi connectivity index (χ0) is 24.5. The van der Waals surface area contributed by atoms with Crippen molar-refractivity contribution in [2.45, 2.75) is 58.5 Å². The van der Waals surface area contributed by atoms with Crippen LogP contribution in [0.4, 0.5) is 5.82 Å². The molecule has 1 aliphatic heterocycles. The Morgan fingerprint density at radius 2 is 1.85 bits per heavy atom. The Kier molecular flexibility index (Phi) is 6.54. The predicted octanol–water partition coefficient (Wildman–Crippen LogP) is 4.13. The van der Waals surface area contributed by atoms with Crippen molar-refractivity contribution in [2.75, 3.05) is 18.0 Å². The molecular formula is C27H31N5O2.